The van der Waals surface area contributed by atoms with Crippen LogP contribution in [0.2, 0.25) is 0 Å². The molecule has 0 bridgehead atoms. The minimum Gasteiger partial charge on any atom is -0.457 e. The van der Waals surface area contributed by atoms with Gasteiger partial charge in [-0.05, 0) is 20.8 Å². The molecule has 0 aliphatic carbocycles. The summed E-state index contributed by atoms with van der Waals surface area (Å²) in [5.74, 6) is -0.883. The number of hydrogen-bond acceptors (Lipinski definition) is 7. The molecule has 0 saturated heterocycles. The van der Waals surface area contributed by atoms with Gasteiger partial charge in [0, 0.05) is 12.1 Å². The van der Waals surface area contributed by atoms with Gasteiger partial charge >= 0.3 is 5.97 Å². The molecule has 1 atom stereocenters. The Morgan fingerprint density at radius 1 is 1.09 bits per heavy atom. The molecular formula is C13H16N2O7. The molecule has 0 spiro atoms. The van der Waals surface area contributed by atoms with Crippen molar-refractivity contribution in [2.24, 2.45) is 0 Å². The van der Waals surface area contributed by atoms with Crippen LogP contribution < -0.4 is 0 Å². The van der Waals surface area contributed by atoms with Crippen LogP contribution in [-0.4, -0.2) is 34.6 Å². The van der Waals surface area contributed by atoms with E-state index in [-0.39, 0.29) is 18.3 Å². The zero-order chi connectivity index (χ0) is 16.9. The number of ether oxygens (including phenoxy) is 2. The molecule has 1 rings (SSSR count). The predicted molar refractivity (Wildman–Crippen MR) is 75.7 cm³/mol. The van der Waals surface area contributed by atoms with Crippen LogP contribution in [-0.2, 0) is 9.47 Å². The van der Waals surface area contributed by atoms with Gasteiger partial charge in [0.25, 0.3) is 11.4 Å². The van der Waals surface area contributed by atoms with E-state index in [2.05, 4.69) is 0 Å². The first-order chi connectivity index (χ1) is 10.2. The fourth-order valence-corrected chi connectivity index (χ4v) is 1.54. The first-order valence-electron chi connectivity index (χ1n) is 6.47. The van der Waals surface area contributed by atoms with Gasteiger partial charge in [0.05, 0.1) is 34.2 Å². The number of nitrogens with zero attached hydrogens (tertiary/aromatic N) is 2. The van der Waals surface area contributed by atoms with Gasteiger partial charge in [0.2, 0.25) is 0 Å². The summed E-state index contributed by atoms with van der Waals surface area (Å²) in [4.78, 5) is 31.8. The molecule has 22 heavy (non-hydrogen) atoms. The predicted octanol–water partition coefficient (Wildman–Crippen LogP) is 2.47. The lowest BCUT2D eigenvalue weighted by Crippen LogP contribution is -2.22. The van der Waals surface area contributed by atoms with Gasteiger partial charge < -0.3 is 9.47 Å². The second kappa shape index (κ2) is 7.46. The van der Waals surface area contributed by atoms with Crippen molar-refractivity contribution >= 4 is 17.3 Å². The maximum absolute atomic E-state index is 11.9. The molecule has 1 aromatic rings. The molecule has 0 N–H and O–H groups in total. The molecular weight excluding hydrogens is 296 g/mol. The Labute approximate surface area is 126 Å². The van der Waals surface area contributed by atoms with Crippen LogP contribution >= 0.6 is 0 Å². The topological polar surface area (TPSA) is 122 Å². The summed E-state index contributed by atoms with van der Waals surface area (Å²) in [5.41, 5.74) is -1.35. The van der Waals surface area contributed by atoms with Gasteiger partial charge in [-0.2, -0.15) is 0 Å². The van der Waals surface area contributed by atoms with Crippen molar-refractivity contribution < 1.29 is 24.1 Å². The fraction of sp³-hybridized carbons (Fsp3) is 0.462. The van der Waals surface area contributed by atoms with Crippen LogP contribution in [0.25, 0.3) is 0 Å². The summed E-state index contributed by atoms with van der Waals surface area (Å²) >= 11 is 0. The van der Waals surface area contributed by atoms with Gasteiger partial charge in [-0.1, -0.05) is 0 Å². The highest BCUT2D eigenvalue weighted by molar-refractivity contribution is 5.91. The lowest BCUT2D eigenvalue weighted by atomic mass is 10.2. The van der Waals surface area contributed by atoms with Crippen LogP contribution in [0, 0.1) is 20.2 Å². The highest BCUT2D eigenvalue weighted by atomic mass is 16.6. The van der Waals surface area contributed by atoms with E-state index >= 15 is 0 Å². The number of non-ortho nitro benzene ring substituents is 2. The van der Waals surface area contributed by atoms with Crippen LogP contribution in [0.4, 0.5) is 11.4 Å². The highest BCUT2D eigenvalue weighted by Gasteiger charge is 2.22. The summed E-state index contributed by atoms with van der Waals surface area (Å²) in [5, 5.41) is 21.5. The van der Waals surface area contributed by atoms with E-state index in [1.54, 1.807) is 6.92 Å². The van der Waals surface area contributed by atoms with Crippen LogP contribution in [0.15, 0.2) is 18.2 Å². The molecule has 0 heterocycles. The van der Waals surface area contributed by atoms with E-state index in [0.29, 0.717) is 0 Å². The molecule has 0 radical (unpaired) electrons. The van der Waals surface area contributed by atoms with Crippen molar-refractivity contribution in [2.75, 3.05) is 6.61 Å². The number of esters is 1. The van der Waals surface area contributed by atoms with E-state index in [0.717, 1.165) is 18.2 Å². The Morgan fingerprint density at radius 3 is 2.00 bits per heavy atom. The van der Waals surface area contributed by atoms with Gasteiger partial charge in [-0.25, -0.2) is 4.79 Å². The van der Waals surface area contributed by atoms with Crippen molar-refractivity contribution in [1.82, 2.24) is 0 Å². The number of carbonyl (C=O) groups excluding carboxylic acids is 1. The number of nitro benzene ring substituents is 2. The quantitative estimate of drug-likeness (QED) is 0.430. The van der Waals surface area contributed by atoms with Crippen molar-refractivity contribution in [1.29, 1.82) is 0 Å². The average Bonchev–Trinajstić information content (AvgIpc) is 2.44. The summed E-state index contributed by atoms with van der Waals surface area (Å²) in [6, 6.07) is 2.65. The highest BCUT2D eigenvalue weighted by Crippen LogP contribution is 2.23. The maximum atomic E-state index is 11.9. The van der Waals surface area contributed by atoms with Crippen molar-refractivity contribution in [3.8, 4) is 0 Å². The molecule has 9 nitrogen and oxygen atoms in total. The lowest BCUT2D eigenvalue weighted by molar-refractivity contribution is -0.394. The van der Waals surface area contributed by atoms with E-state index in [1.807, 2.05) is 13.8 Å². The average molecular weight is 312 g/mol. The summed E-state index contributed by atoms with van der Waals surface area (Å²) in [6.07, 6.45) is -0.631. The molecule has 9 heteroatoms. The van der Waals surface area contributed by atoms with Crippen molar-refractivity contribution in [2.45, 2.75) is 33.0 Å². The fourth-order valence-electron chi connectivity index (χ4n) is 1.54. The third-order valence-electron chi connectivity index (χ3n) is 2.53. The zero-order valence-corrected chi connectivity index (χ0v) is 12.3. The molecule has 1 unspecified atom stereocenters. The van der Waals surface area contributed by atoms with E-state index in [1.165, 1.54) is 0 Å². The van der Waals surface area contributed by atoms with Gasteiger partial charge in [0.15, 0.2) is 0 Å². The number of benzene rings is 1. The third kappa shape index (κ3) is 5.09. The number of hydrogen-bond donors (Lipinski definition) is 0. The Balaban J connectivity index is 2.92. The first-order valence-corrected chi connectivity index (χ1v) is 6.47. The molecule has 0 amide bonds. The van der Waals surface area contributed by atoms with E-state index in [4.69, 9.17) is 9.47 Å². The monoisotopic (exact) mass is 312 g/mol. The molecule has 0 aromatic heterocycles. The van der Waals surface area contributed by atoms with Gasteiger partial charge in [-0.15, -0.1) is 0 Å². The normalized spacial score (nSPS) is 12.0. The molecule has 0 aliphatic rings. The Hall–Kier alpha value is -2.55. The number of carbonyl (C=O) groups is 1. The first kappa shape index (κ1) is 17.5. The minimum atomic E-state index is -0.883. The second-order valence-corrected chi connectivity index (χ2v) is 4.85. The Morgan fingerprint density at radius 2 is 1.59 bits per heavy atom. The largest absolute Gasteiger partial charge is 0.457 e. The van der Waals surface area contributed by atoms with Gasteiger partial charge in [-0.3, -0.25) is 20.2 Å². The summed E-state index contributed by atoms with van der Waals surface area (Å²) in [7, 11) is 0. The van der Waals surface area contributed by atoms with Crippen LogP contribution in [0.5, 0.6) is 0 Å². The summed E-state index contributed by atoms with van der Waals surface area (Å²) < 4.78 is 10.3. The van der Waals surface area contributed by atoms with E-state index < -0.39 is 33.3 Å². The molecule has 120 valence electrons. The number of nitro groups is 2. The van der Waals surface area contributed by atoms with Crippen molar-refractivity contribution in [3.05, 3.63) is 44.0 Å². The van der Waals surface area contributed by atoms with Crippen molar-refractivity contribution in [3.63, 3.8) is 0 Å². The Bertz CT molecular complexity index is 554. The third-order valence-corrected chi connectivity index (χ3v) is 2.53. The smallest absolute Gasteiger partial charge is 0.338 e. The number of rotatable bonds is 7. The van der Waals surface area contributed by atoms with Gasteiger partial charge in [0.1, 0.15) is 6.10 Å². The standard InChI is InChI=1S/C13H16N2O7/c1-8(2)21-7-9(3)22-13(16)10-4-11(14(17)18)6-12(5-10)15(19)20/h4-6,8-9H,7H2,1-3H3. The van der Waals surface area contributed by atoms with Crippen LogP contribution in [0.1, 0.15) is 31.1 Å². The maximum Gasteiger partial charge on any atom is 0.338 e. The van der Waals surface area contributed by atoms with Crippen LogP contribution in [0.3, 0.4) is 0 Å². The molecule has 0 fully saturated rings. The summed E-state index contributed by atoms with van der Waals surface area (Å²) in [6.45, 7) is 5.38. The van der Waals surface area contributed by atoms with E-state index in [9.17, 15) is 25.0 Å². The lowest BCUT2D eigenvalue weighted by Gasteiger charge is -2.15. The Kier molecular flexibility index (Phi) is 5.93. The SMILES string of the molecule is CC(C)OCC(C)OC(=O)c1cc([N+](=O)[O-])cc([N+](=O)[O-])c1. The zero-order valence-electron chi connectivity index (χ0n) is 12.3. The molecule has 0 saturated carbocycles. The second-order valence-electron chi connectivity index (χ2n) is 4.85. The molecule has 1 aromatic carbocycles. The minimum absolute atomic E-state index is 0.0416. The molecule has 0 aliphatic heterocycles.